The number of hydrogen-bond donors (Lipinski definition) is 3. The molecule has 1 saturated carbocycles. The molecule has 3 N–H and O–H groups in total. The number of rotatable bonds is 5. The van der Waals surface area contributed by atoms with Gasteiger partial charge < -0.3 is 15.7 Å². The topological polar surface area (TPSA) is 61.4 Å². The van der Waals surface area contributed by atoms with E-state index >= 15 is 0 Å². The van der Waals surface area contributed by atoms with Crippen LogP contribution in [0, 0.1) is 5.92 Å². The highest BCUT2D eigenvalue weighted by Crippen LogP contribution is 2.41. The van der Waals surface area contributed by atoms with Crippen LogP contribution in [0.2, 0.25) is 5.02 Å². The lowest BCUT2D eigenvalue weighted by atomic mass is 10.0. The molecule has 1 saturated heterocycles. The Morgan fingerprint density at radius 3 is 2.73 bits per heavy atom. The van der Waals surface area contributed by atoms with Crippen LogP contribution in [0.4, 0.5) is 4.79 Å². The molecule has 1 aliphatic heterocycles. The van der Waals surface area contributed by atoms with Gasteiger partial charge in [-0.3, -0.25) is 0 Å². The molecule has 0 radical (unpaired) electrons. The molecule has 0 aromatic heterocycles. The average Bonchev–Trinajstić information content (AvgIpc) is 3.26. The number of carbonyl (C=O) groups is 1. The van der Waals surface area contributed by atoms with Crippen LogP contribution in [-0.2, 0) is 0 Å². The molecule has 1 heterocycles. The Kier molecular flexibility index (Phi) is 4.85. The molecule has 2 atom stereocenters. The Morgan fingerprint density at radius 2 is 2.14 bits per heavy atom. The van der Waals surface area contributed by atoms with Crippen LogP contribution in [0.3, 0.4) is 0 Å². The number of hydrogen-bond acceptors (Lipinski definition) is 3. The zero-order valence-corrected chi connectivity index (χ0v) is 13.9. The first-order valence-electron chi connectivity index (χ1n) is 7.66. The van der Waals surface area contributed by atoms with E-state index in [-0.39, 0.29) is 12.1 Å². The van der Waals surface area contributed by atoms with Gasteiger partial charge in [-0.05, 0) is 48.6 Å². The van der Waals surface area contributed by atoms with Crippen LogP contribution in [-0.4, -0.2) is 34.8 Å². The number of thioether (sulfide) groups is 1. The molecule has 0 bridgehead atoms. The van der Waals surface area contributed by atoms with E-state index in [0.29, 0.717) is 23.2 Å². The average molecular weight is 341 g/mol. The van der Waals surface area contributed by atoms with Crippen molar-refractivity contribution in [3.05, 3.63) is 34.9 Å². The van der Waals surface area contributed by atoms with Crippen molar-refractivity contribution in [2.45, 2.75) is 30.9 Å². The van der Waals surface area contributed by atoms with Gasteiger partial charge in [-0.2, -0.15) is 11.8 Å². The maximum absolute atomic E-state index is 12.2. The van der Waals surface area contributed by atoms with E-state index in [4.69, 9.17) is 11.6 Å². The van der Waals surface area contributed by atoms with Crippen molar-refractivity contribution in [2.75, 3.05) is 18.1 Å². The normalized spacial score (nSPS) is 25.7. The van der Waals surface area contributed by atoms with Crippen molar-refractivity contribution in [1.29, 1.82) is 0 Å². The summed E-state index contributed by atoms with van der Waals surface area (Å²) in [5.74, 6) is 2.14. The Bertz CT molecular complexity index is 527. The highest BCUT2D eigenvalue weighted by molar-refractivity contribution is 7.99. The maximum atomic E-state index is 12.2. The second kappa shape index (κ2) is 6.69. The highest BCUT2D eigenvalue weighted by atomic mass is 35.5. The molecule has 2 amide bonds. The molecule has 2 fully saturated rings. The van der Waals surface area contributed by atoms with Gasteiger partial charge in [-0.25, -0.2) is 4.79 Å². The molecule has 3 rings (SSSR count). The minimum absolute atomic E-state index is 0.0184. The molecule has 22 heavy (non-hydrogen) atoms. The van der Waals surface area contributed by atoms with E-state index in [2.05, 4.69) is 10.6 Å². The number of amides is 2. The SMILES string of the molecule is O=C(NCC1(O)CCSC1)NC(c1ccc(Cl)cc1)C1CC1. The van der Waals surface area contributed by atoms with Gasteiger partial charge in [0.05, 0.1) is 11.6 Å². The lowest BCUT2D eigenvalue weighted by molar-refractivity contribution is 0.0698. The summed E-state index contributed by atoms with van der Waals surface area (Å²) in [6, 6.07) is 7.44. The fourth-order valence-corrected chi connectivity index (χ4v) is 4.17. The number of urea groups is 1. The van der Waals surface area contributed by atoms with Crippen molar-refractivity contribution in [2.24, 2.45) is 5.92 Å². The summed E-state index contributed by atoms with van der Waals surface area (Å²) < 4.78 is 0. The van der Waals surface area contributed by atoms with E-state index in [9.17, 15) is 9.90 Å². The first-order chi connectivity index (χ1) is 10.6. The summed E-state index contributed by atoms with van der Waals surface area (Å²) in [6.07, 6.45) is 3.00. The Balaban J connectivity index is 1.56. The Morgan fingerprint density at radius 1 is 1.41 bits per heavy atom. The maximum Gasteiger partial charge on any atom is 0.315 e. The van der Waals surface area contributed by atoms with Crippen LogP contribution >= 0.6 is 23.4 Å². The fraction of sp³-hybridized carbons (Fsp3) is 0.562. The quantitative estimate of drug-likeness (QED) is 0.772. The summed E-state index contributed by atoms with van der Waals surface area (Å²) in [7, 11) is 0. The third kappa shape index (κ3) is 4.09. The minimum atomic E-state index is -0.753. The third-order valence-corrected chi connectivity index (χ3v) is 5.76. The largest absolute Gasteiger partial charge is 0.387 e. The molecule has 1 aromatic rings. The number of aliphatic hydroxyl groups is 1. The van der Waals surface area contributed by atoms with Gasteiger partial charge in [0.25, 0.3) is 0 Å². The highest BCUT2D eigenvalue weighted by Gasteiger charge is 2.35. The summed E-state index contributed by atoms with van der Waals surface area (Å²) >= 11 is 7.65. The molecule has 2 unspecified atom stereocenters. The van der Waals surface area contributed by atoms with Crippen LogP contribution in [0.5, 0.6) is 0 Å². The monoisotopic (exact) mass is 340 g/mol. The van der Waals surface area contributed by atoms with E-state index in [1.165, 1.54) is 0 Å². The lowest BCUT2D eigenvalue weighted by Gasteiger charge is -2.24. The molecular formula is C16H21ClN2O2S. The van der Waals surface area contributed by atoms with E-state index < -0.39 is 5.60 Å². The van der Waals surface area contributed by atoms with Crippen LogP contribution < -0.4 is 10.6 Å². The first-order valence-corrected chi connectivity index (χ1v) is 9.19. The lowest BCUT2D eigenvalue weighted by Crippen LogP contribution is -2.47. The third-order valence-electron chi connectivity index (χ3n) is 4.27. The van der Waals surface area contributed by atoms with Gasteiger partial charge >= 0.3 is 6.03 Å². The molecule has 1 aromatic carbocycles. The molecule has 6 heteroatoms. The molecular weight excluding hydrogens is 320 g/mol. The Hall–Kier alpha value is -0.910. The standard InChI is InChI=1S/C16H21ClN2O2S/c17-13-5-3-12(4-6-13)14(11-1-2-11)19-15(20)18-9-16(21)7-8-22-10-16/h3-6,11,14,21H,1-2,7-10H2,(H2,18,19,20). The van der Waals surface area contributed by atoms with Crippen LogP contribution in [0.25, 0.3) is 0 Å². The summed E-state index contributed by atoms with van der Waals surface area (Å²) in [5.41, 5.74) is 0.328. The van der Waals surface area contributed by atoms with Gasteiger partial charge in [-0.1, -0.05) is 23.7 Å². The van der Waals surface area contributed by atoms with E-state index in [1.54, 1.807) is 11.8 Å². The summed E-state index contributed by atoms with van der Waals surface area (Å²) in [4.78, 5) is 12.2. The van der Waals surface area contributed by atoms with Crippen molar-refractivity contribution < 1.29 is 9.90 Å². The first kappa shape index (κ1) is 16.0. The van der Waals surface area contributed by atoms with Gasteiger partial charge in [0, 0.05) is 17.3 Å². The minimum Gasteiger partial charge on any atom is -0.387 e. The fourth-order valence-electron chi connectivity index (χ4n) is 2.75. The second-order valence-electron chi connectivity index (χ2n) is 6.22. The zero-order valence-electron chi connectivity index (χ0n) is 12.3. The van der Waals surface area contributed by atoms with Crippen molar-refractivity contribution in [3.63, 3.8) is 0 Å². The smallest absolute Gasteiger partial charge is 0.315 e. The van der Waals surface area contributed by atoms with Gasteiger partial charge in [0.15, 0.2) is 0 Å². The van der Waals surface area contributed by atoms with E-state index in [0.717, 1.165) is 30.6 Å². The van der Waals surface area contributed by atoms with Crippen LogP contribution in [0.1, 0.15) is 30.9 Å². The zero-order chi connectivity index (χ0) is 15.6. The summed E-state index contributed by atoms with van der Waals surface area (Å²) in [5, 5.41) is 16.8. The van der Waals surface area contributed by atoms with Gasteiger partial charge in [0.1, 0.15) is 0 Å². The van der Waals surface area contributed by atoms with Crippen molar-refractivity contribution in [3.8, 4) is 0 Å². The van der Waals surface area contributed by atoms with Gasteiger partial charge in [-0.15, -0.1) is 0 Å². The number of halogens is 1. The molecule has 120 valence electrons. The second-order valence-corrected chi connectivity index (χ2v) is 7.76. The summed E-state index contributed by atoms with van der Waals surface area (Å²) in [6.45, 7) is 0.309. The molecule has 4 nitrogen and oxygen atoms in total. The van der Waals surface area contributed by atoms with Crippen LogP contribution in [0.15, 0.2) is 24.3 Å². The predicted octanol–water partition coefficient (Wildman–Crippen LogP) is 2.96. The Labute approximate surface area is 140 Å². The predicted molar refractivity (Wildman–Crippen MR) is 90.3 cm³/mol. The number of benzene rings is 1. The molecule has 1 aliphatic carbocycles. The molecule has 2 aliphatic rings. The van der Waals surface area contributed by atoms with Crippen molar-refractivity contribution >= 4 is 29.4 Å². The number of nitrogens with one attached hydrogen (secondary N) is 2. The van der Waals surface area contributed by atoms with Crippen molar-refractivity contribution in [1.82, 2.24) is 10.6 Å². The number of carbonyl (C=O) groups excluding carboxylic acids is 1. The molecule has 0 spiro atoms. The van der Waals surface area contributed by atoms with Gasteiger partial charge in [0.2, 0.25) is 0 Å². The van der Waals surface area contributed by atoms with E-state index in [1.807, 2.05) is 24.3 Å².